The van der Waals surface area contributed by atoms with Crippen molar-refractivity contribution in [1.29, 1.82) is 5.41 Å². The monoisotopic (exact) mass is 596 g/mol. The van der Waals surface area contributed by atoms with Crippen LogP contribution in [0, 0.1) is 11.3 Å². The van der Waals surface area contributed by atoms with Gasteiger partial charge in [0.15, 0.2) is 5.96 Å². The van der Waals surface area contributed by atoms with E-state index in [1.807, 2.05) is 24.3 Å². The van der Waals surface area contributed by atoms with Gasteiger partial charge in [-0.3, -0.25) is 15.1 Å². The minimum absolute atomic E-state index is 0.0225. The lowest BCUT2D eigenvalue weighted by molar-refractivity contribution is -0.132. The maximum absolute atomic E-state index is 13.7. The summed E-state index contributed by atoms with van der Waals surface area (Å²) in [6.45, 7) is 3.22. The van der Waals surface area contributed by atoms with E-state index in [4.69, 9.17) is 10.5 Å². The lowest BCUT2D eigenvalue weighted by Gasteiger charge is -2.33. The molecule has 11 heteroatoms. The number of unbranched alkanes of at least 4 members (excludes halogenated alkanes) is 1. The summed E-state index contributed by atoms with van der Waals surface area (Å²) in [5.74, 6) is 0.747. The van der Waals surface area contributed by atoms with Gasteiger partial charge >= 0.3 is 6.03 Å². The van der Waals surface area contributed by atoms with Crippen molar-refractivity contribution < 1.29 is 18.0 Å². The summed E-state index contributed by atoms with van der Waals surface area (Å²) in [6.07, 6.45) is 10.2. The third-order valence-electron chi connectivity index (χ3n) is 8.37. The summed E-state index contributed by atoms with van der Waals surface area (Å²) in [7, 11) is -3.72. The Hall–Kier alpha value is -3.44. The first-order valence-electron chi connectivity index (χ1n) is 15.0. The van der Waals surface area contributed by atoms with Gasteiger partial charge in [0.25, 0.3) is 5.91 Å². The highest BCUT2D eigenvalue weighted by Gasteiger charge is 2.49. The molecule has 6 N–H and O–H groups in total. The van der Waals surface area contributed by atoms with Crippen LogP contribution in [0.1, 0.15) is 81.4 Å². The number of urea groups is 1. The van der Waals surface area contributed by atoms with Crippen molar-refractivity contribution in [3.63, 3.8) is 0 Å². The number of carbonyl (C=O) groups excluding carboxylic acids is 2. The Labute approximate surface area is 249 Å². The van der Waals surface area contributed by atoms with Gasteiger partial charge in [0, 0.05) is 13.1 Å². The number of hydrogen-bond donors (Lipinski definition) is 5. The topological polar surface area (TPSA) is 157 Å². The second-order valence-corrected chi connectivity index (χ2v) is 13.2. The number of amides is 3. The lowest BCUT2D eigenvalue weighted by Crippen LogP contribution is -2.48. The van der Waals surface area contributed by atoms with Crippen LogP contribution in [0.2, 0.25) is 0 Å². The van der Waals surface area contributed by atoms with Crippen LogP contribution in [-0.2, 0) is 34.3 Å². The molecule has 0 spiro atoms. The van der Waals surface area contributed by atoms with Crippen molar-refractivity contribution in [2.24, 2.45) is 11.1 Å². The number of guanidine groups is 1. The molecular formula is C31H44N6O4S. The summed E-state index contributed by atoms with van der Waals surface area (Å²) in [6, 6.07) is 13.7. The number of primary sulfonamides is 1. The molecule has 0 bridgehead atoms. The quantitative estimate of drug-likeness (QED) is 0.235. The third kappa shape index (κ3) is 8.32. The van der Waals surface area contributed by atoms with E-state index in [0.717, 1.165) is 42.4 Å². The molecule has 42 heavy (non-hydrogen) atoms. The lowest BCUT2D eigenvalue weighted by atomic mass is 9.77. The zero-order valence-corrected chi connectivity index (χ0v) is 25.3. The highest BCUT2D eigenvalue weighted by atomic mass is 32.2. The Morgan fingerprint density at radius 2 is 1.67 bits per heavy atom. The molecule has 10 nitrogen and oxygen atoms in total. The summed E-state index contributed by atoms with van der Waals surface area (Å²) >= 11 is 0. The molecule has 1 unspecified atom stereocenters. The first-order chi connectivity index (χ1) is 20.1. The molecule has 1 saturated carbocycles. The Bertz CT molecular complexity index is 1340. The second kappa shape index (κ2) is 14.2. The Morgan fingerprint density at radius 1 is 1.02 bits per heavy atom. The van der Waals surface area contributed by atoms with E-state index in [2.05, 4.69) is 22.9 Å². The Kier molecular flexibility index (Phi) is 10.6. The van der Waals surface area contributed by atoms with Crippen LogP contribution in [0.4, 0.5) is 4.79 Å². The van der Waals surface area contributed by atoms with Crippen LogP contribution in [0.15, 0.2) is 53.4 Å². The van der Waals surface area contributed by atoms with E-state index in [9.17, 15) is 18.0 Å². The van der Waals surface area contributed by atoms with Gasteiger partial charge in [0.05, 0.1) is 11.4 Å². The van der Waals surface area contributed by atoms with Crippen LogP contribution >= 0.6 is 0 Å². The van der Waals surface area contributed by atoms with Crippen molar-refractivity contribution in [2.45, 2.75) is 94.7 Å². The molecule has 0 radical (unpaired) electrons. The molecule has 0 aromatic heterocycles. The van der Waals surface area contributed by atoms with Crippen LogP contribution in [0.25, 0.3) is 0 Å². The first-order valence-corrected chi connectivity index (χ1v) is 16.5. The van der Waals surface area contributed by atoms with Crippen molar-refractivity contribution in [2.75, 3.05) is 6.54 Å². The maximum Gasteiger partial charge on any atom is 0.315 e. The average Bonchev–Trinajstić information content (AvgIpc) is 3.20. The molecule has 1 saturated heterocycles. The van der Waals surface area contributed by atoms with Crippen LogP contribution < -0.4 is 21.1 Å². The highest BCUT2D eigenvalue weighted by Crippen LogP contribution is 2.36. The van der Waals surface area contributed by atoms with Gasteiger partial charge in [-0.1, -0.05) is 88.3 Å². The summed E-state index contributed by atoms with van der Waals surface area (Å²) in [5, 5.41) is 22.7. The second-order valence-electron chi connectivity index (χ2n) is 11.6. The molecule has 2 aromatic carbocycles. The number of nitrogens with zero attached hydrogens (tertiary/aromatic N) is 1. The van der Waals surface area contributed by atoms with E-state index in [-0.39, 0.29) is 22.8 Å². The molecule has 1 aliphatic carbocycles. The van der Waals surface area contributed by atoms with E-state index in [0.29, 0.717) is 32.0 Å². The molecular weight excluding hydrogens is 552 g/mol. The minimum atomic E-state index is -3.72. The fraction of sp³-hybridized carbons (Fsp3) is 0.516. The van der Waals surface area contributed by atoms with Gasteiger partial charge in [-0.25, -0.2) is 18.4 Å². The molecule has 3 amide bonds. The number of nitrogens with one attached hydrogen (secondary N) is 4. The van der Waals surface area contributed by atoms with E-state index in [1.165, 1.54) is 44.2 Å². The maximum atomic E-state index is 13.7. The fourth-order valence-corrected chi connectivity index (χ4v) is 6.50. The van der Waals surface area contributed by atoms with E-state index in [1.54, 1.807) is 17.0 Å². The largest absolute Gasteiger partial charge is 0.342 e. The number of carbonyl (C=O) groups is 2. The van der Waals surface area contributed by atoms with Gasteiger partial charge in [-0.15, -0.1) is 0 Å². The van der Waals surface area contributed by atoms with Gasteiger partial charge in [-0.2, -0.15) is 0 Å². The average molecular weight is 597 g/mol. The van der Waals surface area contributed by atoms with Gasteiger partial charge in [0.2, 0.25) is 10.0 Å². The van der Waals surface area contributed by atoms with E-state index >= 15 is 0 Å². The number of sulfonamides is 1. The molecule has 2 fully saturated rings. The van der Waals surface area contributed by atoms with Gasteiger partial charge in [-0.05, 0) is 54.0 Å². The third-order valence-corrected chi connectivity index (χ3v) is 9.30. The van der Waals surface area contributed by atoms with Gasteiger partial charge in [0.1, 0.15) is 5.54 Å². The number of hydrogen-bond acceptors (Lipinski definition) is 5. The predicted molar refractivity (Wildman–Crippen MR) is 163 cm³/mol. The molecule has 1 heterocycles. The summed E-state index contributed by atoms with van der Waals surface area (Å²) in [5.41, 5.74) is 2.07. The number of nitrogens with two attached hydrogens (primary N) is 1. The van der Waals surface area contributed by atoms with Crippen LogP contribution in [0.3, 0.4) is 0 Å². The van der Waals surface area contributed by atoms with Crippen LogP contribution in [0.5, 0.6) is 0 Å². The minimum Gasteiger partial charge on any atom is -0.342 e. The molecule has 2 aromatic rings. The van der Waals surface area contributed by atoms with Crippen molar-refractivity contribution >= 4 is 27.9 Å². The zero-order valence-electron chi connectivity index (χ0n) is 24.5. The molecule has 4 rings (SSSR count). The molecule has 1 aliphatic heterocycles. The van der Waals surface area contributed by atoms with Crippen molar-refractivity contribution in [3.8, 4) is 0 Å². The smallest absolute Gasteiger partial charge is 0.315 e. The predicted octanol–water partition coefficient (Wildman–Crippen LogP) is 4.14. The zero-order chi connectivity index (χ0) is 30.2. The summed E-state index contributed by atoms with van der Waals surface area (Å²) < 4.78 is 22.7. The number of benzene rings is 2. The van der Waals surface area contributed by atoms with Gasteiger partial charge < -0.3 is 16.0 Å². The standard InChI is InChI=1S/C31H44N6O4S/c1-2-3-18-31(20-24-7-5-4-6-8-24)28(38)37(29(32)36-31)22-26-11-9-25(10-12-26)21-35-30(39)34-19-17-23-13-15-27(16-14-23)42(33,40)41/h9-16,24H,2-8,17-22H2,1H3,(H2,32,36)(H2,33,40,41)(H2,34,35,39). The number of rotatable bonds is 13. The molecule has 2 aliphatic rings. The molecule has 228 valence electrons. The normalized spacial score (nSPS) is 19.5. The van der Waals surface area contributed by atoms with Crippen LogP contribution in [-0.4, -0.2) is 43.3 Å². The SMILES string of the molecule is CCCCC1(CC2CCCCC2)NC(=N)N(Cc2ccc(CNC(=O)NCCc3ccc(S(N)(=O)=O)cc3)cc2)C1=O. The highest BCUT2D eigenvalue weighted by molar-refractivity contribution is 7.89. The summed E-state index contributed by atoms with van der Waals surface area (Å²) in [4.78, 5) is 27.6. The van der Waals surface area contributed by atoms with Crippen molar-refractivity contribution in [1.82, 2.24) is 20.9 Å². The fourth-order valence-electron chi connectivity index (χ4n) is 5.99. The van der Waals surface area contributed by atoms with Crippen molar-refractivity contribution in [3.05, 3.63) is 65.2 Å². The Balaban J connectivity index is 1.25. The first kappa shape index (κ1) is 31.5. The molecule has 1 atom stereocenters. The van der Waals surface area contributed by atoms with E-state index < -0.39 is 15.6 Å². The Morgan fingerprint density at radius 3 is 2.31 bits per heavy atom.